The predicted octanol–water partition coefficient (Wildman–Crippen LogP) is 3.43. The van der Waals surface area contributed by atoms with Crippen LogP contribution in [0.4, 0.5) is 0 Å². The van der Waals surface area contributed by atoms with Crippen molar-refractivity contribution < 1.29 is 8.42 Å². The molecule has 1 aromatic carbocycles. The summed E-state index contributed by atoms with van der Waals surface area (Å²) in [6.07, 6.45) is 6.09. The van der Waals surface area contributed by atoms with Crippen molar-refractivity contribution in [3.63, 3.8) is 0 Å². The van der Waals surface area contributed by atoms with E-state index in [1.54, 1.807) is 0 Å². The van der Waals surface area contributed by atoms with Gasteiger partial charge in [0.1, 0.15) is 0 Å². The molecule has 0 aromatic heterocycles. The molecule has 3 heteroatoms. The average Bonchev–Trinajstić information content (AvgIpc) is 2.28. The highest BCUT2D eigenvalue weighted by molar-refractivity contribution is 8.00. The fraction of sp³-hybridized carbons (Fsp3) is 0.429. The van der Waals surface area contributed by atoms with Crippen LogP contribution in [0.25, 0.3) is 4.91 Å². The maximum Gasteiger partial charge on any atom is 0.175 e. The summed E-state index contributed by atoms with van der Waals surface area (Å²) in [5, 5.41) is 0. The molecular formula is C14H20O2S. The molecule has 0 unspecified atom stereocenters. The molecule has 0 saturated carbocycles. The van der Waals surface area contributed by atoms with E-state index in [1.807, 2.05) is 30.3 Å². The smallest absolute Gasteiger partial charge is 0.175 e. The Morgan fingerprint density at radius 3 is 2.35 bits per heavy atom. The zero-order valence-electron chi connectivity index (χ0n) is 10.7. The van der Waals surface area contributed by atoms with Crippen LogP contribution in [-0.2, 0) is 16.3 Å². The van der Waals surface area contributed by atoms with Gasteiger partial charge in [-0.15, -0.1) is 0 Å². The molecule has 1 aliphatic rings. The van der Waals surface area contributed by atoms with Gasteiger partial charge in [0.2, 0.25) is 0 Å². The monoisotopic (exact) mass is 252 g/mol. The number of allylic oxidation sites excluding steroid dienone is 1. The number of fused-ring (bicyclic) bond motifs is 1. The molecule has 0 amide bonds. The second kappa shape index (κ2) is 6.01. The molecule has 0 radical (unpaired) electrons. The fourth-order valence-corrected chi connectivity index (χ4v) is 2.82. The van der Waals surface area contributed by atoms with Gasteiger partial charge in [0, 0.05) is 6.26 Å². The van der Waals surface area contributed by atoms with Gasteiger partial charge in [-0.25, -0.2) is 8.42 Å². The van der Waals surface area contributed by atoms with E-state index in [9.17, 15) is 8.42 Å². The lowest BCUT2D eigenvalue weighted by atomic mass is 9.97. The van der Waals surface area contributed by atoms with Gasteiger partial charge in [-0.05, 0) is 24.0 Å². The third-order valence-corrected chi connectivity index (χ3v) is 3.61. The highest BCUT2D eigenvalue weighted by Crippen LogP contribution is 2.29. The minimum absolute atomic E-state index is 0.486. The molecule has 0 heterocycles. The average molecular weight is 252 g/mol. The summed E-state index contributed by atoms with van der Waals surface area (Å²) < 4.78 is 23.0. The van der Waals surface area contributed by atoms with Gasteiger partial charge in [-0.1, -0.05) is 50.6 Å². The molecule has 0 N–H and O–H groups in total. The third-order valence-electron chi connectivity index (χ3n) is 2.43. The fourth-order valence-electron chi connectivity index (χ4n) is 1.80. The quantitative estimate of drug-likeness (QED) is 0.767. The lowest BCUT2D eigenvalue weighted by molar-refractivity contribution is 0.611. The van der Waals surface area contributed by atoms with Crippen molar-refractivity contribution in [3.05, 3.63) is 41.5 Å². The van der Waals surface area contributed by atoms with Gasteiger partial charge < -0.3 is 0 Å². The first-order valence-electron chi connectivity index (χ1n) is 5.99. The number of sulfone groups is 1. The Morgan fingerprint density at radius 1 is 1.18 bits per heavy atom. The van der Waals surface area contributed by atoms with E-state index in [2.05, 4.69) is 13.8 Å². The van der Waals surface area contributed by atoms with Crippen molar-refractivity contribution in [3.8, 4) is 0 Å². The summed E-state index contributed by atoms with van der Waals surface area (Å²) in [6.45, 7) is 4.25. The van der Waals surface area contributed by atoms with Gasteiger partial charge >= 0.3 is 0 Å². The molecule has 0 atom stereocenters. The third kappa shape index (κ3) is 3.70. The molecule has 1 aromatic rings. The molecule has 0 spiro atoms. The summed E-state index contributed by atoms with van der Waals surface area (Å²) in [7, 11) is -3.08. The Labute approximate surface area is 104 Å². The first-order chi connectivity index (χ1) is 8.00. The van der Waals surface area contributed by atoms with Crippen molar-refractivity contribution in [2.75, 3.05) is 6.26 Å². The molecule has 2 nitrogen and oxygen atoms in total. The Hall–Kier alpha value is -1.09. The first kappa shape index (κ1) is 14.0. The summed E-state index contributed by atoms with van der Waals surface area (Å²) in [5.74, 6) is 0. The van der Waals surface area contributed by atoms with Crippen LogP contribution in [-0.4, -0.2) is 14.7 Å². The SMILES string of the molecule is CCC.CS(=O)(=O)C1=CCCc2ccccc21. The van der Waals surface area contributed by atoms with Crippen molar-refractivity contribution in [1.29, 1.82) is 0 Å². The van der Waals surface area contributed by atoms with E-state index in [0.717, 1.165) is 24.0 Å². The van der Waals surface area contributed by atoms with Crippen LogP contribution >= 0.6 is 0 Å². The van der Waals surface area contributed by atoms with E-state index >= 15 is 0 Å². The number of hydrogen-bond acceptors (Lipinski definition) is 2. The van der Waals surface area contributed by atoms with Crippen LogP contribution in [0.5, 0.6) is 0 Å². The Kier molecular flexibility index (Phi) is 4.94. The first-order valence-corrected chi connectivity index (χ1v) is 7.88. The normalized spacial score (nSPS) is 14.2. The summed E-state index contributed by atoms with van der Waals surface area (Å²) in [4.78, 5) is 0.486. The Morgan fingerprint density at radius 2 is 1.76 bits per heavy atom. The van der Waals surface area contributed by atoms with Crippen LogP contribution < -0.4 is 0 Å². The minimum atomic E-state index is -3.08. The molecule has 0 bridgehead atoms. The van der Waals surface area contributed by atoms with E-state index < -0.39 is 9.84 Å². The second-order valence-corrected chi connectivity index (χ2v) is 6.23. The van der Waals surface area contributed by atoms with Crippen LogP contribution in [0.1, 0.15) is 37.8 Å². The number of aryl methyl sites for hydroxylation is 1. The van der Waals surface area contributed by atoms with Gasteiger partial charge in [-0.3, -0.25) is 0 Å². The van der Waals surface area contributed by atoms with Crippen LogP contribution in [0, 0.1) is 0 Å². The highest BCUT2D eigenvalue weighted by atomic mass is 32.2. The molecule has 1 aliphatic carbocycles. The van der Waals surface area contributed by atoms with Gasteiger partial charge in [0.25, 0.3) is 0 Å². The Bertz CT molecular complexity index is 499. The topological polar surface area (TPSA) is 34.1 Å². The molecular weight excluding hydrogens is 232 g/mol. The number of hydrogen-bond donors (Lipinski definition) is 0. The minimum Gasteiger partial charge on any atom is -0.224 e. The molecule has 0 aliphatic heterocycles. The van der Waals surface area contributed by atoms with E-state index in [1.165, 1.54) is 12.7 Å². The zero-order valence-corrected chi connectivity index (χ0v) is 11.5. The zero-order chi connectivity index (χ0) is 12.9. The molecule has 0 fully saturated rings. The predicted molar refractivity (Wildman–Crippen MR) is 73.5 cm³/mol. The summed E-state index contributed by atoms with van der Waals surface area (Å²) in [6, 6.07) is 7.70. The van der Waals surface area contributed by atoms with Gasteiger partial charge in [-0.2, -0.15) is 0 Å². The second-order valence-electron chi connectivity index (χ2n) is 4.24. The van der Waals surface area contributed by atoms with Crippen LogP contribution in [0.3, 0.4) is 0 Å². The summed E-state index contributed by atoms with van der Waals surface area (Å²) >= 11 is 0. The van der Waals surface area contributed by atoms with E-state index in [0.29, 0.717) is 4.91 Å². The molecule has 0 saturated heterocycles. The molecule has 2 rings (SSSR count). The van der Waals surface area contributed by atoms with Crippen molar-refractivity contribution in [2.45, 2.75) is 33.1 Å². The van der Waals surface area contributed by atoms with Crippen molar-refractivity contribution in [1.82, 2.24) is 0 Å². The molecule has 94 valence electrons. The van der Waals surface area contributed by atoms with E-state index in [4.69, 9.17) is 0 Å². The highest BCUT2D eigenvalue weighted by Gasteiger charge is 2.19. The maximum atomic E-state index is 11.5. The summed E-state index contributed by atoms with van der Waals surface area (Å²) in [5.41, 5.74) is 2.01. The van der Waals surface area contributed by atoms with Crippen molar-refractivity contribution >= 4 is 14.7 Å². The van der Waals surface area contributed by atoms with Crippen LogP contribution in [0.2, 0.25) is 0 Å². The van der Waals surface area contributed by atoms with Gasteiger partial charge in [0.15, 0.2) is 9.84 Å². The lowest BCUT2D eigenvalue weighted by Gasteiger charge is -2.15. The largest absolute Gasteiger partial charge is 0.224 e. The maximum absolute atomic E-state index is 11.5. The Balaban J connectivity index is 0.000000437. The number of benzene rings is 1. The lowest BCUT2D eigenvalue weighted by Crippen LogP contribution is -2.07. The van der Waals surface area contributed by atoms with Crippen molar-refractivity contribution in [2.24, 2.45) is 0 Å². The standard InChI is InChI=1S/C11H12O2S.C3H8/c1-14(12,13)11-8-4-6-9-5-2-3-7-10(9)11;1-3-2/h2-3,5,7-8H,4,6H2,1H3;3H2,1-2H3. The molecule has 17 heavy (non-hydrogen) atoms. The van der Waals surface area contributed by atoms with E-state index in [-0.39, 0.29) is 0 Å². The van der Waals surface area contributed by atoms with Gasteiger partial charge in [0.05, 0.1) is 4.91 Å². The number of rotatable bonds is 1. The van der Waals surface area contributed by atoms with Crippen LogP contribution in [0.15, 0.2) is 30.3 Å².